The quantitative estimate of drug-likeness (QED) is 0.505. The Bertz CT molecular complexity index is 211. The first kappa shape index (κ1) is 13.5. The van der Waals surface area contributed by atoms with Crippen molar-refractivity contribution in [2.24, 2.45) is 5.41 Å². The topological polar surface area (TPSA) is 12.0 Å². The molecule has 0 bridgehead atoms. The summed E-state index contributed by atoms with van der Waals surface area (Å²) in [5.41, 5.74) is 0.502. The van der Waals surface area contributed by atoms with Gasteiger partial charge >= 0.3 is 0 Å². The van der Waals surface area contributed by atoms with Gasteiger partial charge in [-0.1, -0.05) is 38.0 Å². The van der Waals surface area contributed by atoms with Crippen LogP contribution in [-0.2, 0) is 0 Å². The molecule has 16 heavy (non-hydrogen) atoms. The van der Waals surface area contributed by atoms with E-state index in [2.05, 4.69) is 31.0 Å². The lowest BCUT2D eigenvalue weighted by atomic mass is 9.74. The van der Waals surface area contributed by atoms with E-state index in [0.29, 0.717) is 5.41 Å². The molecule has 92 valence electrons. The number of unbranched alkanes of at least 4 members (excludes halogenated alkanes) is 2. The van der Waals surface area contributed by atoms with Crippen LogP contribution in [0.1, 0.15) is 51.9 Å². The van der Waals surface area contributed by atoms with Crippen molar-refractivity contribution in [3.05, 3.63) is 24.8 Å². The molecule has 0 aromatic carbocycles. The largest absolute Gasteiger partial charge is 0.317 e. The van der Waals surface area contributed by atoms with Crippen LogP contribution < -0.4 is 5.32 Å². The molecular weight excluding hydrogens is 194 g/mol. The fourth-order valence-corrected chi connectivity index (χ4v) is 2.50. The van der Waals surface area contributed by atoms with Gasteiger partial charge in [0.1, 0.15) is 0 Å². The lowest BCUT2D eigenvalue weighted by Gasteiger charge is -2.35. The Balaban J connectivity index is 2.47. The molecule has 0 amide bonds. The van der Waals surface area contributed by atoms with Crippen LogP contribution in [0.3, 0.4) is 0 Å². The van der Waals surface area contributed by atoms with Crippen molar-refractivity contribution < 1.29 is 0 Å². The molecule has 1 aliphatic rings. The smallest absolute Gasteiger partial charge is 0.00406 e. The van der Waals surface area contributed by atoms with Crippen LogP contribution >= 0.6 is 0 Å². The minimum atomic E-state index is 0.502. The molecule has 0 saturated carbocycles. The summed E-state index contributed by atoms with van der Waals surface area (Å²) in [7, 11) is 0. The van der Waals surface area contributed by atoms with Gasteiger partial charge in [-0.05, 0) is 50.6 Å². The normalized spacial score (nSPS) is 20.1. The van der Waals surface area contributed by atoms with E-state index in [0.717, 1.165) is 12.8 Å². The second-order valence-corrected chi connectivity index (χ2v) is 4.98. The molecule has 1 nitrogen and oxygen atoms in total. The van der Waals surface area contributed by atoms with Crippen molar-refractivity contribution in [1.29, 1.82) is 0 Å². The second kappa shape index (κ2) is 7.67. The highest BCUT2D eigenvalue weighted by Crippen LogP contribution is 2.36. The van der Waals surface area contributed by atoms with Gasteiger partial charge in [-0.25, -0.2) is 0 Å². The van der Waals surface area contributed by atoms with E-state index >= 15 is 0 Å². The van der Waals surface area contributed by atoms with Crippen LogP contribution in [0.4, 0.5) is 0 Å². The predicted molar refractivity (Wildman–Crippen MR) is 72.6 cm³/mol. The van der Waals surface area contributed by atoms with Gasteiger partial charge in [0.15, 0.2) is 0 Å². The average molecular weight is 221 g/mol. The summed E-state index contributed by atoms with van der Waals surface area (Å²) in [6.07, 6.45) is 15.8. The molecular formula is C15H27N. The summed E-state index contributed by atoms with van der Waals surface area (Å²) >= 11 is 0. The van der Waals surface area contributed by atoms with Gasteiger partial charge in [-0.15, -0.1) is 6.58 Å². The molecule has 1 fully saturated rings. The van der Waals surface area contributed by atoms with Crippen LogP contribution in [0.25, 0.3) is 0 Å². The highest BCUT2D eigenvalue weighted by molar-refractivity contribution is 5.02. The van der Waals surface area contributed by atoms with Crippen LogP contribution in [0.2, 0.25) is 0 Å². The molecule has 0 aromatic rings. The molecule has 0 aromatic heterocycles. The monoisotopic (exact) mass is 221 g/mol. The minimum Gasteiger partial charge on any atom is -0.317 e. The highest BCUT2D eigenvalue weighted by Gasteiger charge is 2.27. The lowest BCUT2D eigenvalue weighted by molar-refractivity contribution is 0.246. The third-order valence-corrected chi connectivity index (χ3v) is 3.64. The van der Waals surface area contributed by atoms with Crippen molar-refractivity contribution in [1.82, 2.24) is 5.32 Å². The van der Waals surface area contributed by atoms with E-state index in [1.807, 2.05) is 6.08 Å². The van der Waals surface area contributed by atoms with Gasteiger partial charge in [0.2, 0.25) is 0 Å². The third-order valence-electron chi connectivity index (χ3n) is 3.64. The van der Waals surface area contributed by atoms with E-state index < -0.39 is 0 Å². The second-order valence-electron chi connectivity index (χ2n) is 4.98. The molecule has 1 aliphatic heterocycles. The lowest BCUT2D eigenvalue weighted by Crippen LogP contribution is -2.35. The van der Waals surface area contributed by atoms with Crippen LogP contribution in [0.15, 0.2) is 24.8 Å². The van der Waals surface area contributed by atoms with E-state index in [4.69, 9.17) is 0 Å². The number of allylic oxidation sites excluding steroid dienone is 3. The van der Waals surface area contributed by atoms with Crippen molar-refractivity contribution in [3.63, 3.8) is 0 Å². The van der Waals surface area contributed by atoms with Crippen LogP contribution in [-0.4, -0.2) is 13.1 Å². The molecule has 0 atom stereocenters. The number of piperidine rings is 1. The van der Waals surface area contributed by atoms with E-state index in [9.17, 15) is 0 Å². The van der Waals surface area contributed by atoms with Gasteiger partial charge in [0, 0.05) is 0 Å². The Labute approximate surface area is 101 Å². The molecule has 0 spiro atoms. The highest BCUT2D eigenvalue weighted by atomic mass is 14.9. The summed E-state index contributed by atoms with van der Waals surface area (Å²) < 4.78 is 0. The maximum Gasteiger partial charge on any atom is -0.00406 e. The Morgan fingerprint density at radius 2 is 2.00 bits per heavy atom. The number of nitrogens with one attached hydrogen (secondary N) is 1. The molecule has 1 heteroatoms. The third kappa shape index (κ3) is 4.52. The fraction of sp³-hybridized carbons (Fsp3) is 0.733. The SMILES string of the molecule is C=CCC/C=C/C1(CCCC)CCNCC1. The zero-order chi connectivity index (χ0) is 11.7. The first-order valence-corrected chi connectivity index (χ1v) is 6.82. The van der Waals surface area contributed by atoms with Crippen molar-refractivity contribution in [3.8, 4) is 0 Å². The average Bonchev–Trinajstić information content (AvgIpc) is 2.34. The first-order valence-electron chi connectivity index (χ1n) is 6.82. The molecule has 0 radical (unpaired) electrons. The minimum absolute atomic E-state index is 0.502. The number of hydrogen-bond acceptors (Lipinski definition) is 1. The number of hydrogen-bond donors (Lipinski definition) is 1. The molecule has 1 heterocycles. The fourth-order valence-electron chi connectivity index (χ4n) is 2.50. The standard InChI is InChI=1S/C15H27N/c1-3-5-7-8-10-15(9-6-4-2)11-13-16-14-12-15/h3,8,10,16H,1,4-7,9,11-14H2,2H3/b10-8+. The summed E-state index contributed by atoms with van der Waals surface area (Å²) in [6.45, 7) is 8.44. The molecule has 1 saturated heterocycles. The van der Waals surface area contributed by atoms with Crippen molar-refractivity contribution in [2.75, 3.05) is 13.1 Å². The van der Waals surface area contributed by atoms with E-state index in [-0.39, 0.29) is 0 Å². The predicted octanol–water partition coefficient (Wildman–Crippen LogP) is 4.07. The summed E-state index contributed by atoms with van der Waals surface area (Å²) in [5.74, 6) is 0. The maximum atomic E-state index is 3.77. The van der Waals surface area contributed by atoms with Crippen LogP contribution in [0.5, 0.6) is 0 Å². The van der Waals surface area contributed by atoms with Crippen LogP contribution in [0, 0.1) is 5.41 Å². The Morgan fingerprint density at radius 1 is 1.25 bits per heavy atom. The van der Waals surface area contributed by atoms with Gasteiger partial charge in [-0.2, -0.15) is 0 Å². The van der Waals surface area contributed by atoms with Gasteiger partial charge in [-0.3, -0.25) is 0 Å². The van der Waals surface area contributed by atoms with Gasteiger partial charge < -0.3 is 5.32 Å². The Morgan fingerprint density at radius 3 is 2.62 bits per heavy atom. The van der Waals surface area contributed by atoms with E-state index in [1.165, 1.54) is 45.2 Å². The summed E-state index contributed by atoms with van der Waals surface area (Å²) in [5, 5.41) is 3.47. The zero-order valence-electron chi connectivity index (χ0n) is 10.8. The molecule has 1 rings (SSSR count). The van der Waals surface area contributed by atoms with Gasteiger partial charge in [0.05, 0.1) is 0 Å². The molecule has 0 aliphatic carbocycles. The maximum absolute atomic E-state index is 3.77. The van der Waals surface area contributed by atoms with Gasteiger partial charge in [0.25, 0.3) is 0 Å². The van der Waals surface area contributed by atoms with Crippen molar-refractivity contribution >= 4 is 0 Å². The summed E-state index contributed by atoms with van der Waals surface area (Å²) in [6, 6.07) is 0. The molecule has 1 N–H and O–H groups in total. The first-order chi connectivity index (χ1) is 7.83. The Kier molecular flexibility index (Phi) is 6.47. The number of rotatable bonds is 7. The Hall–Kier alpha value is -0.560. The molecule has 0 unspecified atom stereocenters. The summed E-state index contributed by atoms with van der Waals surface area (Å²) in [4.78, 5) is 0. The van der Waals surface area contributed by atoms with E-state index in [1.54, 1.807) is 0 Å². The van der Waals surface area contributed by atoms with Crippen molar-refractivity contribution in [2.45, 2.75) is 51.9 Å². The zero-order valence-corrected chi connectivity index (χ0v) is 10.8.